The Bertz CT molecular complexity index is 940. The average Bonchev–Trinajstić information content (AvgIpc) is 3.10. The van der Waals surface area contributed by atoms with E-state index in [9.17, 15) is 9.59 Å². The number of carbonyl (C=O) groups excluding carboxylic acids is 2. The summed E-state index contributed by atoms with van der Waals surface area (Å²) in [5.41, 5.74) is 1.32. The molecule has 3 aromatic rings. The fourth-order valence-corrected chi connectivity index (χ4v) is 3.71. The van der Waals surface area contributed by atoms with Crippen molar-refractivity contribution in [3.05, 3.63) is 80.8 Å². The normalized spacial score (nSPS) is 10.4. The second-order valence-corrected chi connectivity index (χ2v) is 7.54. The highest BCUT2D eigenvalue weighted by Crippen LogP contribution is 2.29. The number of amides is 2. The van der Waals surface area contributed by atoms with Gasteiger partial charge in [0.25, 0.3) is 5.91 Å². The van der Waals surface area contributed by atoms with Crippen molar-refractivity contribution in [3.63, 3.8) is 0 Å². The molecule has 27 heavy (non-hydrogen) atoms. The van der Waals surface area contributed by atoms with E-state index in [2.05, 4.69) is 15.6 Å². The monoisotopic (exact) mass is 419 g/mol. The fourth-order valence-electron chi connectivity index (χ4n) is 2.34. The molecule has 2 aromatic carbocycles. The van der Waals surface area contributed by atoms with Gasteiger partial charge < -0.3 is 10.6 Å². The Morgan fingerprint density at radius 3 is 2.41 bits per heavy atom. The molecule has 5 nitrogen and oxygen atoms in total. The quantitative estimate of drug-likeness (QED) is 0.621. The Kier molecular flexibility index (Phi) is 6.45. The molecule has 0 spiro atoms. The first-order valence-electron chi connectivity index (χ1n) is 8.03. The molecule has 1 aromatic heterocycles. The Balaban J connectivity index is 1.54. The summed E-state index contributed by atoms with van der Waals surface area (Å²) in [6.45, 7) is -0.140. The lowest BCUT2D eigenvalue weighted by Gasteiger charge is -2.05. The minimum atomic E-state index is -0.351. The van der Waals surface area contributed by atoms with E-state index in [0.29, 0.717) is 27.2 Å². The number of aromatic nitrogens is 1. The summed E-state index contributed by atoms with van der Waals surface area (Å²) in [4.78, 5) is 29.1. The van der Waals surface area contributed by atoms with Crippen LogP contribution >= 0.6 is 34.5 Å². The topological polar surface area (TPSA) is 71.1 Å². The van der Waals surface area contributed by atoms with Crippen molar-refractivity contribution < 1.29 is 9.59 Å². The summed E-state index contributed by atoms with van der Waals surface area (Å²) in [5.74, 6) is -0.658. The summed E-state index contributed by atoms with van der Waals surface area (Å²) < 4.78 is 0. The molecule has 138 valence electrons. The molecule has 0 unspecified atom stereocenters. The second kappa shape index (κ2) is 8.99. The summed E-state index contributed by atoms with van der Waals surface area (Å²) in [6.07, 6.45) is 2.19. The molecular weight excluding hydrogens is 405 g/mol. The van der Waals surface area contributed by atoms with Crippen molar-refractivity contribution in [1.29, 1.82) is 0 Å². The van der Waals surface area contributed by atoms with Crippen LogP contribution in [0.25, 0.3) is 0 Å². The van der Waals surface area contributed by atoms with Gasteiger partial charge in [0.15, 0.2) is 5.13 Å². The van der Waals surface area contributed by atoms with Crippen LogP contribution in [0.5, 0.6) is 0 Å². The van der Waals surface area contributed by atoms with Crippen LogP contribution in [-0.4, -0.2) is 23.3 Å². The highest BCUT2D eigenvalue weighted by molar-refractivity contribution is 7.15. The van der Waals surface area contributed by atoms with Crippen molar-refractivity contribution in [1.82, 2.24) is 10.3 Å². The van der Waals surface area contributed by atoms with Crippen molar-refractivity contribution in [2.75, 3.05) is 11.9 Å². The summed E-state index contributed by atoms with van der Waals surface area (Å²) in [5, 5.41) is 6.87. The van der Waals surface area contributed by atoms with E-state index in [1.54, 1.807) is 48.7 Å². The maximum atomic E-state index is 12.0. The lowest BCUT2D eigenvalue weighted by atomic mass is 10.1. The maximum absolute atomic E-state index is 12.0. The predicted octanol–water partition coefficient (Wildman–Crippen LogP) is 4.41. The lowest BCUT2D eigenvalue weighted by Crippen LogP contribution is -2.32. The van der Waals surface area contributed by atoms with E-state index in [-0.39, 0.29) is 18.4 Å². The van der Waals surface area contributed by atoms with Gasteiger partial charge in [0.05, 0.1) is 6.54 Å². The number of carbonyl (C=O) groups is 2. The third kappa shape index (κ3) is 5.29. The third-order valence-corrected chi connectivity index (χ3v) is 5.28. The summed E-state index contributed by atoms with van der Waals surface area (Å²) in [7, 11) is 0. The van der Waals surface area contributed by atoms with Crippen LogP contribution in [0.2, 0.25) is 10.0 Å². The number of anilines is 1. The van der Waals surface area contributed by atoms with E-state index < -0.39 is 0 Å². The van der Waals surface area contributed by atoms with Gasteiger partial charge in [-0.05, 0) is 29.8 Å². The molecule has 0 aliphatic rings. The maximum Gasteiger partial charge on any atom is 0.251 e. The van der Waals surface area contributed by atoms with Gasteiger partial charge in [0, 0.05) is 33.1 Å². The van der Waals surface area contributed by atoms with Crippen molar-refractivity contribution in [3.8, 4) is 0 Å². The van der Waals surface area contributed by atoms with Crippen LogP contribution in [0.15, 0.2) is 54.7 Å². The van der Waals surface area contributed by atoms with Gasteiger partial charge in [-0.3, -0.25) is 9.59 Å². The largest absolute Gasteiger partial charge is 0.343 e. The fraction of sp³-hybridized carbons (Fsp3) is 0.105. The first kappa shape index (κ1) is 19.4. The lowest BCUT2D eigenvalue weighted by molar-refractivity contribution is -0.115. The zero-order valence-corrected chi connectivity index (χ0v) is 16.4. The number of hydrogen-bond donors (Lipinski definition) is 2. The number of benzene rings is 2. The van der Waals surface area contributed by atoms with E-state index >= 15 is 0 Å². The zero-order valence-electron chi connectivity index (χ0n) is 14.0. The predicted molar refractivity (Wildman–Crippen MR) is 109 cm³/mol. The molecular formula is C19H15Cl2N3O2S. The SMILES string of the molecule is O=C(CNC(=O)c1ccccc1)Nc1ncc(Cc2c(Cl)cccc2Cl)s1. The first-order valence-corrected chi connectivity index (χ1v) is 9.61. The van der Waals surface area contributed by atoms with E-state index in [0.717, 1.165) is 10.4 Å². The summed E-state index contributed by atoms with van der Waals surface area (Å²) in [6, 6.07) is 14.1. The van der Waals surface area contributed by atoms with Crippen molar-refractivity contribution in [2.45, 2.75) is 6.42 Å². The standard InChI is InChI=1S/C19H15Cl2N3O2S/c20-15-7-4-8-16(21)14(15)9-13-10-23-19(27-13)24-17(25)11-22-18(26)12-5-2-1-3-6-12/h1-8,10H,9,11H2,(H,22,26)(H,23,24,25). The van der Waals surface area contributed by atoms with E-state index in [1.165, 1.54) is 11.3 Å². The highest BCUT2D eigenvalue weighted by Gasteiger charge is 2.12. The summed E-state index contributed by atoms with van der Waals surface area (Å²) >= 11 is 13.7. The van der Waals surface area contributed by atoms with Gasteiger partial charge in [-0.15, -0.1) is 11.3 Å². The number of halogens is 2. The molecule has 2 amide bonds. The Morgan fingerprint density at radius 1 is 1.00 bits per heavy atom. The number of nitrogens with zero attached hydrogens (tertiary/aromatic N) is 1. The molecule has 0 saturated heterocycles. The van der Waals surface area contributed by atoms with Gasteiger partial charge in [0.2, 0.25) is 5.91 Å². The molecule has 1 heterocycles. The molecule has 0 fully saturated rings. The van der Waals surface area contributed by atoms with Crippen molar-refractivity contribution >= 4 is 51.5 Å². The number of nitrogens with one attached hydrogen (secondary N) is 2. The van der Waals surface area contributed by atoms with Crippen LogP contribution in [0.1, 0.15) is 20.8 Å². The smallest absolute Gasteiger partial charge is 0.251 e. The van der Waals surface area contributed by atoms with Gasteiger partial charge in [0.1, 0.15) is 0 Å². The zero-order chi connectivity index (χ0) is 19.2. The minimum Gasteiger partial charge on any atom is -0.343 e. The molecule has 0 atom stereocenters. The first-order chi connectivity index (χ1) is 13.0. The molecule has 8 heteroatoms. The molecule has 3 rings (SSSR count). The van der Waals surface area contributed by atoms with Gasteiger partial charge in [-0.1, -0.05) is 47.5 Å². The number of hydrogen-bond acceptors (Lipinski definition) is 4. The van der Waals surface area contributed by atoms with Crippen LogP contribution in [-0.2, 0) is 11.2 Å². The highest BCUT2D eigenvalue weighted by atomic mass is 35.5. The van der Waals surface area contributed by atoms with Crippen molar-refractivity contribution in [2.24, 2.45) is 0 Å². The Morgan fingerprint density at radius 2 is 1.70 bits per heavy atom. The Labute approximate surface area is 170 Å². The minimum absolute atomic E-state index is 0.140. The second-order valence-electron chi connectivity index (χ2n) is 5.61. The van der Waals surface area contributed by atoms with Crippen LogP contribution < -0.4 is 10.6 Å². The van der Waals surface area contributed by atoms with E-state index in [1.807, 2.05) is 6.07 Å². The Hall–Kier alpha value is -2.41. The molecule has 0 aliphatic heterocycles. The average molecular weight is 420 g/mol. The van der Waals surface area contributed by atoms with Crippen LogP contribution in [0.3, 0.4) is 0 Å². The van der Waals surface area contributed by atoms with Gasteiger partial charge in [-0.2, -0.15) is 0 Å². The number of thiazole rings is 1. The van der Waals surface area contributed by atoms with Crippen LogP contribution in [0, 0.1) is 0 Å². The number of rotatable bonds is 6. The van der Waals surface area contributed by atoms with Gasteiger partial charge >= 0.3 is 0 Å². The van der Waals surface area contributed by atoms with E-state index in [4.69, 9.17) is 23.2 Å². The molecule has 0 bridgehead atoms. The molecule has 2 N–H and O–H groups in total. The van der Waals surface area contributed by atoms with Crippen LogP contribution in [0.4, 0.5) is 5.13 Å². The molecule has 0 saturated carbocycles. The molecule has 0 radical (unpaired) electrons. The molecule has 0 aliphatic carbocycles. The third-order valence-electron chi connectivity index (χ3n) is 3.66. The van der Waals surface area contributed by atoms with Gasteiger partial charge in [-0.25, -0.2) is 4.98 Å².